The van der Waals surface area contributed by atoms with E-state index in [-0.39, 0.29) is 0 Å². The average Bonchev–Trinajstić information content (AvgIpc) is 2.30. The Kier molecular flexibility index (Phi) is 3.49. The number of hydrogen-bond acceptors (Lipinski definition) is 2. The van der Waals surface area contributed by atoms with Gasteiger partial charge in [0.1, 0.15) is 0 Å². The van der Waals surface area contributed by atoms with Crippen LogP contribution in [0.5, 0.6) is 0 Å². The lowest BCUT2D eigenvalue weighted by molar-refractivity contribution is 0.589. The molecule has 0 radical (unpaired) electrons. The number of benzene rings is 1. The van der Waals surface area contributed by atoms with Gasteiger partial charge in [-0.05, 0) is 24.1 Å². The largest absolute Gasteiger partial charge is 0.368 e. The van der Waals surface area contributed by atoms with Crippen molar-refractivity contribution in [1.82, 2.24) is 5.32 Å². The molecule has 2 nitrogen and oxygen atoms in total. The highest BCUT2D eigenvalue weighted by atomic mass is 35.5. The van der Waals surface area contributed by atoms with Gasteiger partial charge < -0.3 is 10.2 Å². The predicted molar refractivity (Wildman–Crippen MR) is 65.9 cm³/mol. The maximum Gasteiger partial charge on any atom is 0.0642 e. The summed E-state index contributed by atoms with van der Waals surface area (Å²) in [5, 5.41) is 4.23. The molecule has 15 heavy (non-hydrogen) atoms. The van der Waals surface area contributed by atoms with Crippen molar-refractivity contribution in [3.05, 3.63) is 28.8 Å². The molecule has 1 aliphatic rings. The molecular formula is C12H17ClN2. The van der Waals surface area contributed by atoms with E-state index in [1.165, 1.54) is 11.3 Å². The van der Waals surface area contributed by atoms with E-state index in [2.05, 4.69) is 35.3 Å². The van der Waals surface area contributed by atoms with E-state index in [4.69, 9.17) is 11.6 Å². The van der Waals surface area contributed by atoms with Crippen LogP contribution in [0.15, 0.2) is 18.2 Å². The molecule has 1 aliphatic heterocycles. The summed E-state index contributed by atoms with van der Waals surface area (Å²) in [7, 11) is 0. The van der Waals surface area contributed by atoms with Gasteiger partial charge in [0, 0.05) is 26.2 Å². The lowest BCUT2D eigenvalue weighted by atomic mass is 10.1. The molecule has 0 aliphatic carbocycles. The van der Waals surface area contributed by atoms with Crippen LogP contribution in [-0.4, -0.2) is 26.2 Å². The molecular weight excluding hydrogens is 208 g/mol. The Hall–Kier alpha value is -0.730. The van der Waals surface area contributed by atoms with Gasteiger partial charge in [-0.1, -0.05) is 24.6 Å². The summed E-state index contributed by atoms with van der Waals surface area (Å²) in [6, 6.07) is 6.40. The highest BCUT2D eigenvalue weighted by molar-refractivity contribution is 6.33. The van der Waals surface area contributed by atoms with Crippen molar-refractivity contribution in [2.24, 2.45) is 0 Å². The number of anilines is 1. The van der Waals surface area contributed by atoms with Gasteiger partial charge in [-0.15, -0.1) is 0 Å². The van der Waals surface area contributed by atoms with Gasteiger partial charge in [-0.25, -0.2) is 0 Å². The lowest BCUT2D eigenvalue weighted by Crippen LogP contribution is -2.43. The van der Waals surface area contributed by atoms with Crippen molar-refractivity contribution < 1.29 is 0 Å². The third kappa shape index (κ3) is 2.44. The zero-order valence-corrected chi connectivity index (χ0v) is 9.85. The fraction of sp³-hybridized carbons (Fsp3) is 0.500. The molecule has 3 heteroatoms. The topological polar surface area (TPSA) is 15.3 Å². The molecule has 1 fully saturated rings. The molecule has 0 unspecified atom stereocenters. The van der Waals surface area contributed by atoms with E-state index >= 15 is 0 Å². The van der Waals surface area contributed by atoms with Gasteiger partial charge in [0.05, 0.1) is 10.7 Å². The van der Waals surface area contributed by atoms with E-state index in [9.17, 15) is 0 Å². The van der Waals surface area contributed by atoms with E-state index in [1.807, 2.05) is 0 Å². The third-order valence-electron chi connectivity index (χ3n) is 2.88. The highest BCUT2D eigenvalue weighted by Gasteiger charge is 2.13. The number of hydrogen-bond donors (Lipinski definition) is 1. The summed E-state index contributed by atoms with van der Waals surface area (Å²) in [5.74, 6) is 0. The fourth-order valence-electron chi connectivity index (χ4n) is 1.93. The van der Waals surface area contributed by atoms with Crippen LogP contribution in [0.1, 0.15) is 12.5 Å². The summed E-state index contributed by atoms with van der Waals surface area (Å²) >= 11 is 6.28. The standard InChI is InChI=1S/C12H17ClN2/c1-2-10-3-4-12(11(13)9-10)15-7-5-14-6-8-15/h3-4,9,14H,2,5-8H2,1H3. The first kappa shape index (κ1) is 10.8. The van der Waals surface area contributed by atoms with E-state index < -0.39 is 0 Å². The smallest absolute Gasteiger partial charge is 0.0642 e. The average molecular weight is 225 g/mol. The molecule has 1 saturated heterocycles. The van der Waals surface area contributed by atoms with E-state index in [1.54, 1.807) is 0 Å². The number of rotatable bonds is 2. The monoisotopic (exact) mass is 224 g/mol. The summed E-state index contributed by atoms with van der Waals surface area (Å²) in [5.41, 5.74) is 2.48. The molecule has 0 bridgehead atoms. The molecule has 0 aromatic heterocycles. The zero-order valence-electron chi connectivity index (χ0n) is 9.09. The second-order valence-electron chi connectivity index (χ2n) is 3.88. The molecule has 1 heterocycles. The van der Waals surface area contributed by atoms with Gasteiger partial charge in [0.25, 0.3) is 0 Å². The van der Waals surface area contributed by atoms with Gasteiger partial charge in [-0.2, -0.15) is 0 Å². The van der Waals surface area contributed by atoms with Crippen molar-refractivity contribution in [1.29, 1.82) is 0 Å². The van der Waals surface area contributed by atoms with Crippen molar-refractivity contribution >= 4 is 17.3 Å². The Bertz CT molecular complexity index is 332. The molecule has 1 N–H and O–H groups in total. The molecule has 0 atom stereocenters. The maximum atomic E-state index is 6.28. The Morgan fingerprint density at radius 1 is 1.33 bits per heavy atom. The second kappa shape index (κ2) is 4.86. The van der Waals surface area contributed by atoms with Crippen LogP contribution in [0.25, 0.3) is 0 Å². The Morgan fingerprint density at radius 3 is 2.67 bits per heavy atom. The minimum atomic E-state index is 0.885. The SMILES string of the molecule is CCc1ccc(N2CCNCC2)c(Cl)c1. The van der Waals surface area contributed by atoms with E-state index in [0.717, 1.165) is 37.6 Å². The van der Waals surface area contributed by atoms with Crippen molar-refractivity contribution in [3.8, 4) is 0 Å². The molecule has 0 spiro atoms. The van der Waals surface area contributed by atoms with Crippen molar-refractivity contribution in [3.63, 3.8) is 0 Å². The normalized spacial score (nSPS) is 16.8. The molecule has 0 amide bonds. The van der Waals surface area contributed by atoms with Gasteiger partial charge in [0.2, 0.25) is 0 Å². The number of nitrogens with one attached hydrogen (secondary N) is 1. The molecule has 0 saturated carbocycles. The Labute approximate surface area is 96.2 Å². The first-order valence-electron chi connectivity index (χ1n) is 5.55. The van der Waals surface area contributed by atoms with Crippen LogP contribution >= 0.6 is 11.6 Å². The van der Waals surface area contributed by atoms with Gasteiger partial charge >= 0.3 is 0 Å². The zero-order chi connectivity index (χ0) is 10.7. The van der Waals surface area contributed by atoms with Crippen LogP contribution in [0.4, 0.5) is 5.69 Å². The Balaban J connectivity index is 2.19. The number of halogens is 1. The number of nitrogens with zero attached hydrogens (tertiary/aromatic N) is 1. The summed E-state index contributed by atoms with van der Waals surface area (Å²) in [6.07, 6.45) is 1.04. The first-order valence-corrected chi connectivity index (χ1v) is 5.93. The summed E-state index contributed by atoms with van der Waals surface area (Å²) in [6.45, 7) is 6.34. The number of aryl methyl sites for hydroxylation is 1. The molecule has 1 aromatic carbocycles. The molecule has 1 aromatic rings. The summed E-state index contributed by atoms with van der Waals surface area (Å²) < 4.78 is 0. The third-order valence-corrected chi connectivity index (χ3v) is 3.18. The summed E-state index contributed by atoms with van der Waals surface area (Å²) in [4.78, 5) is 2.35. The van der Waals surface area contributed by atoms with Crippen molar-refractivity contribution in [2.75, 3.05) is 31.1 Å². The minimum absolute atomic E-state index is 0.885. The lowest BCUT2D eigenvalue weighted by Gasteiger charge is -2.30. The quantitative estimate of drug-likeness (QED) is 0.830. The van der Waals surface area contributed by atoms with Crippen LogP contribution in [0.2, 0.25) is 5.02 Å². The van der Waals surface area contributed by atoms with Gasteiger partial charge in [0.15, 0.2) is 0 Å². The van der Waals surface area contributed by atoms with Gasteiger partial charge in [-0.3, -0.25) is 0 Å². The van der Waals surface area contributed by atoms with Crippen molar-refractivity contribution in [2.45, 2.75) is 13.3 Å². The minimum Gasteiger partial charge on any atom is -0.368 e. The molecule has 82 valence electrons. The van der Waals surface area contributed by atoms with Crippen LogP contribution < -0.4 is 10.2 Å². The first-order chi connectivity index (χ1) is 7.31. The predicted octanol–water partition coefficient (Wildman–Crippen LogP) is 2.31. The van der Waals surface area contributed by atoms with E-state index in [0.29, 0.717) is 0 Å². The number of piperazine rings is 1. The maximum absolute atomic E-state index is 6.28. The highest BCUT2D eigenvalue weighted by Crippen LogP contribution is 2.27. The van der Waals surface area contributed by atoms with Crippen LogP contribution in [0.3, 0.4) is 0 Å². The second-order valence-corrected chi connectivity index (χ2v) is 4.28. The Morgan fingerprint density at radius 2 is 2.07 bits per heavy atom. The fourth-order valence-corrected chi connectivity index (χ4v) is 2.26. The van der Waals surface area contributed by atoms with Crippen LogP contribution in [0, 0.1) is 0 Å². The molecule has 2 rings (SSSR count). The van der Waals surface area contributed by atoms with Crippen LogP contribution in [-0.2, 0) is 6.42 Å².